The summed E-state index contributed by atoms with van der Waals surface area (Å²) in [5, 5.41) is 1.36. The van der Waals surface area contributed by atoms with Crippen LogP contribution in [0.25, 0.3) is 0 Å². The van der Waals surface area contributed by atoms with E-state index in [9.17, 15) is 4.79 Å². The van der Waals surface area contributed by atoms with Gasteiger partial charge in [-0.1, -0.05) is 57.3 Å². The van der Waals surface area contributed by atoms with Crippen molar-refractivity contribution in [3.8, 4) is 5.75 Å². The van der Waals surface area contributed by atoms with Crippen molar-refractivity contribution < 1.29 is 9.53 Å². The number of rotatable bonds is 6. The van der Waals surface area contributed by atoms with Crippen LogP contribution in [0.4, 0.5) is 0 Å². The quantitative estimate of drug-likeness (QED) is 0.661. The smallest absolute Gasteiger partial charge is 0.176 e. The van der Waals surface area contributed by atoms with Gasteiger partial charge in [0.05, 0.1) is 0 Å². The lowest BCUT2D eigenvalue weighted by atomic mass is 9.85. The molecule has 0 aliphatic carbocycles. The topological polar surface area (TPSA) is 26.3 Å². The van der Waals surface area contributed by atoms with Gasteiger partial charge < -0.3 is 4.74 Å². The van der Waals surface area contributed by atoms with Gasteiger partial charge in [0.1, 0.15) is 12.4 Å². The number of ether oxygens (including phenoxy) is 1. The Labute approximate surface area is 129 Å². The first-order valence-corrected chi connectivity index (χ1v) is 7.91. The third-order valence-corrected chi connectivity index (χ3v) is 6.06. The molecule has 0 aliphatic rings. The number of Topliss-reactive ketones (excluding diaryl/α,β-unsaturated/α-hetero) is 1. The molecule has 0 radical (unpaired) electrons. The van der Waals surface area contributed by atoms with E-state index in [2.05, 4.69) is 31.9 Å². The van der Waals surface area contributed by atoms with Gasteiger partial charge in [-0.05, 0) is 24.3 Å². The van der Waals surface area contributed by atoms with Crippen molar-refractivity contribution in [3.63, 3.8) is 0 Å². The van der Waals surface area contributed by atoms with Crippen LogP contribution in [0, 0.1) is 5.41 Å². The summed E-state index contributed by atoms with van der Waals surface area (Å²) in [5.41, 5.74) is -0.476. The van der Waals surface area contributed by atoms with Crippen molar-refractivity contribution in [3.05, 3.63) is 29.3 Å². The molecular formula is C13H15Br2ClO2. The van der Waals surface area contributed by atoms with Crippen LogP contribution in [0.2, 0.25) is 5.02 Å². The highest BCUT2D eigenvalue weighted by atomic mass is 79.9. The van der Waals surface area contributed by atoms with E-state index in [0.29, 0.717) is 16.1 Å². The maximum absolute atomic E-state index is 12.1. The second-order valence-corrected chi connectivity index (χ2v) is 6.70. The minimum absolute atomic E-state index is 0.0544. The Bertz CT molecular complexity index is 404. The number of carbonyl (C=O) groups excluding carboxylic acids is 1. The number of benzene rings is 1. The second-order valence-electron chi connectivity index (χ2n) is 4.51. The zero-order valence-corrected chi connectivity index (χ0v) is 14.2. The van der Waals surface area contributed by atoms with Gasteiger partial charge in [0.25, 0.3) is 0 Å². The average Bonchev–Trinajstić information content (AvgIpc) is 2.36. The largest absolute Gasteiger partial charge is 0.486 e. The van der Waals surface area contributed by atoms with E-state index in [1.165, 1.54) is 0 Å². The Morgan fingerprint density at radius 1 is 1.39 bits per heavy atom. The molecule has 0 aliphatic heterocycles. The van der Waals surface area contributed by atoms with Crippen LogP contribution in [0.1, 0.15) is 13.8 Å². The molecule has 0 heterocycles. The lowest BCUT2D eigenvalue weighted by molar-refractivity contribution is -0.128. The first-order chi connectivity index (χ1) is 8.37. The molecule has 0 saturated carbocycles. The molecule has 1 atom stereocenters. The van der Waals surface area contributed by atoms with Crippen molar-refractivity contribution >= 4 is 49.2 Å². The third kappa shape index (κ3) is 4.25. The molecule has 0 bridgehead atoms. The van der Waals surface area contributed by atoms with Crippen molar-refractivity contribution in [1.82, 2.24) is 0 Å². The lowest BCUT2D eigenvalue weighted by Gasteiger charge is -2.27. The van der Waals surface area contributed by atoms with Gasteiger partial charge in [-0.25, -0.2) is 0 Å². The van der Waals surface area contributed by atoms with Crippen molar-refractivity contribution in [2.24, 2.45) is 5.41 Å². The van der Waals surface area contributed by atoms with Crippen molar-refractivity contribution in [1.29, 1.82) is 0 Å². The fourth-order valence-electron chi connectivity index (χ4n) is 1.23. The minimum Gasteiger partial charge on any atom is -0.486 e. The Balaban J connectivity index is 2.58. The predicted octanol–water partition coefficient (Wildman–Crippen LogP) is 4.47. The fourth-order valence-corrected chi connectivity index (χ4v) is 2.42. The zero-order chi connectivity index (χ0) is 13.8. The van der Waals surface area contributed by atoms with E-state index >= 15 is 0 Å². The second kappa shape index (κ2) is 6.92. The summed E-state index contributed by atoms with van der Waals surface area (Å²) < 4.78 is 5.46. The summed E-state index contributed by atoms with van der Waals surface area (Å²) in [5.74, 6) is 0.701. The molecule has 0 spiro atoms. The first kappa shape index (κ1) is 16.0. The maximum atomic E-state index is 12.1. The van der Waals surface area contributed by atoms with Gasteiger partial charge in [0.2, 0.25) is 0 Å². The molecule has 1 aromatic rings. The van der Waals surface area contributed by atoms with Crippen molar-refractivity contribution in [2.75, 3.05) is 11.9 Å². The monoisotopic (exact) mass is 396 g/mol. The van der Waals surface area contributed by atoms with Gasteiger partial charge in [-0.15, -0.1) is 0 Å². The molecule has 5 heteroatoms. The van der Waals surface area contributed by atoms with E-state index in [1.807, 2.05) is 13.8 Å². The van der Waals surface area contributed by atoms with E-state index < -0.39 is 5.41 Å². The molecule has 0 aromatic heterocycles. The summed E-state index contributed by atoms with van der Waals surface area (Å²) >= 11 is 12.6. The van der Waals surface area contributed by atoms with Gasteiger partial charge in [-0.2, -0.15) is 0 Å². The van der Waals surface area contributed by atoms with Gasteiger partial charge in [0.15, 0.2) is 5.78 Å². The van der Waals surface area contributed by atoms with Crippen LogP contribution in [-0.4, -0.2) is 22.5 Å². The number of alkyl halides is 2. The summed E-state index contributed by atoms with van der Waals surface area (Å²) in [6, 6.07) is 6.97. The van der Waals surface area contributed by atoms with E-state index in [4.69, 9.17) is 16.3 Å². The van der Waals surface area contributed by atoms with Crippen LogP contribution in [0.3, 0.4) is 0 Å². The van der Waals surface area contributed by atoms with E-state index in [0.717, 1.165) is 0 Å². The third-order valence-electron chi connectivity index (χ3n) is 2.82. The maximum Gasteiger partial charge on any atom is 0.176 e. The highest BCUT2D eigenvalue weighted by molar-refractivity contribution is 9.12. The highest BCUT2D eigenvalue weighted by Gasteiger charge is 2.34. The Hall–Kier alpha value is -0.0600. The molecule has 0 N–H and O–H groups in total. The SMILES string of the molecule is CC(C)(C(=O)COc1ccc(Cl)cc1)C(Br)CBr. The number of hydrogen-bond donors (Lipinski definition) is 0. The van der Waals surface area contributed by atoms with Gasteiger partial charge in [0, 0.05) is 20.6 Å². The summed E-state index contributed by atoms with van der Waals surface area (Å²) in [6.07, 6.45) is 0. The zero-order valence-electron chi connectivity index (χ0n) is 10.3. The normalized spacial score (nSPS) is 13.2. The van der Waals surface area contributed by atoms with E-state index in [-0.39, 0.29) is 17.2 Å². The minimum atomic E-state index is -0.476. The molecule has 1 unspecified atom stereocenters. The van der Waals surface area contributed by atoms with Crippen LogP contribution < -0.4 is 4.74 Å². The molecule has 1 aromatic carbocycles. The van der Waals surface area contributed by atoms with Gasteiger partial charge >= 0.3 is 0 Å². The summed E-state index contributed by atoms with van der Waals surface area (Å²) in [4.78, 5) is 12.2. The first-order valence-electron chi connectivity index (χ1n) is 5.49. The fraction of sp³-hybridized carbons (Fsp3) is 0.462. The number of halogens is 3. The molecule has 18 heavy (non-hydrogen) atoms. The van der Waals surface area contributed by atoms with Crippen LogP contribution >= 0.6 is 43.5 Å². The number of hydrogen-bond acceptors (Lipinski definition) is 2. The predicted molar refractivity (Wildman–Crippen MR) is 82.2 cm³/mol. The Morgan fingerprint density at radius 2 is 1.94 bits per heavy atom. The van der Waals surface area contributed by atoms with Crippen LogP contribution in [-0.2, 0) is 4.79 Å². The number of ketones is 1. The van der Waals surface area contributed by atoms with Crippen LogP contribution in [0.15, 0.2) is 24.3 Å². The van der Waals surface area contributed by atoms with Crippen LogP contribution in [0.5, 0.6) is 5.75 Å². The number of carbonyl (C=O) groups is 1. The summed E-state index contributed by atoms with van der Waals surface area (Å²) in [6.45, 7) is 3.87. The molecule has 100 valence electrons. The molecule has 0 fully saturated rings. The lowest BCUT2D eigenvalue weighted by Crippen LogP contribution is -2.37. The standard InChI is InChI=1S/C13H15Br2ClO2/c1-13(2,11(15)7-14)12(17)8-18-10-5-3-9(16)4-6-10/h3-6,11H,7-8H2,1-2H3. The molecule has 0 saturated heterocycles. The highest BCUT2D eigenvalue weighted by Crippen LogP contribution is 2.30. The van der Waals surface area contributed by atoms with Crippen molar-refractivity contribution in [2.45, 2.75) is 18.7 Å². The molecular weight excluding hydrogens is 383 g/mol. The van der Waals surface area contributed by atoms with E-state index in [1.54, 1.807) is 24.3 Å². The van der Waals surface area contributed by atoms with Gasteiger partial charge in [-0.3, -0.25) is 4.79 Å². The molecule has 0 amide bonds. The summed E-state index contributed by atoms with van der Waals surface area (Å²) in [7, 11) is 0. The average molecular weight is 399 g/mol. The molecule has 2 nitrogen and oxygen atoms in total. The Morgan fingerprint density at radius 3 is 2.44 bits per heavy atom. The molecule has 1 rings (SSSR count). The Kier molecular flexibility index (Phi) is 6.15.